The molecule has 2 aromatic rings. The maximum absolute atomic E-state index is 13.0. The smallest absolute Gasteiger partial charge is 0.175 e. The van der Waals surface area contributed by atoms with Gasteiger partial charge in [-0.1, -0.05) is 60.5 Å². The van der Waals surface area contributed by atoms with E-state index in [1.807, 2.05) is 37.3 Å². The molecule has 0 amide bonds. The van der Waals surface area contributed by atoms with Crippen molar-refractivity contribution < 1.29 is 9.90 Å². The van der Waals surface area contributed by atoms with Gasteiger partial charge in [-0.25, -0.2) is 0 Å². The molecule has 2 aromatic carbocycles. The van der Waals surface area contributed by atoms with Gasteiger partial charge in [0.15, 0.2) is 5.78 Å². The van der Waals surface area contributed by atoms with Crippen molar-refractivity contribution in [3.8, 4) is 5.75 Å². The van der Waals surface area contributed by atoms with Gasteiger partial charge in [0.05, 0.1) is 10.4 Å². The molecule has 0 unspecified atom stereocenters. The number of fused-ring (bicyclic) bond motifs is 1. The number of ketones is 1. The molecule has 0 radical (unpaired) electrons. The van der Waals surface area contributed by atoms with E-state index in [9.17, 15) is 9.90 Å². The summed E-state index contributed by atoms with van der Waals surface area (Å²) >= 11 is 12.2. The summed E-state index contributed by atoms with van der Waals surface area (Å²) in [6, 6.07) is 11.3. The lowest BCUT2D eigenvalue weighted by atomic mass is 9.75. The number of Topliss-reactive ketones (excluding diaryl/α,β-unsaturated/α-hetero) is 1. The molecule has 0 heterocycles. The van der Waals surface area contributed by atoms with Crippen molar-refractivity contribution in [1.82, 2.24) is 0 Å². The van der Waals surface area contributed by atoms with Crippen LogP contribution in [0.5, 0.6) is 5.75 Å². The van der Waals surface area contributed by atoms with Crippen molar-refractivity contribution in [2.75, 3.05) is 0 Å². The lowest BCUT2D eigenvalue weighted by molar-refractivity contribution is 0.0898. The zero-order chi connectivity index (χ0) is 15.2. The Labute approximate surface area is 133 Å². The molecule has 3 rings (SSSR count). The highest BCUT2D eigenvalue weighted by atomic mass is 35.5. The Morgan fingerprint density at radius 1 is 1.19 bits per heavy atom. The quantitative estimate of drug-likeness (QED) is 0.864. The van der Waals surface area contributed by atoms with E-state index in [0.29, 0.717) is 18.4 Å². The maximum atomic E-state index is 13.0. The molecule has 2 nitrogen and oxygen atoms in total. The van der Waals surface area contributed by atoms with Crippen LogP contribution in [0.3, 0.4) is 0 Å². The Kier molecular flexibility index (Phi) is 3.46. The third-order valence-electron chi connectivity index (χ3n) is 4.35. The van der Waals surface area contributed by atoms with Crippen molar-refractivity contribution in [2.45, 2.75) is 25.2 Å². The van der Waals surface area contributed by atoms with Crippen LogP contribution in [-0.4, -0.2) is 10.9 Å². The predicted molar refractivity (Wildman–Crippen MR) is 84.6 cm³/mol. The third kappa shape index (κ3) is 1.97. The van der Waals surface area contributed by atoms with Crippen molar-refractivity contribution >= 4 is 29.0 Å². The fourth-order valence-electron chi connectivity index (χ4n) is 3.17. The molecule has 4 heteroatoms. The molecule has 1 N–H and O–H groups in total. The molecule has 0 spiro atoms. The van der Waals surface area contributed by atoms with E-state index in [2.05, 4.69) is 0 Å². The van der Waals surface area contributed by atoms with E-state index >= 15 is 0 Å². The number of hydrogen-bond donors (Lipinski definition) is 1. The lowest BCUT2D eigenvalue weighted by Crippen LogP contribution is -2.32. The molecule has 1 aliphatic rings. The summed E-state index contributed by atoms with van der Waals surface area (Å²) in [6.45, 7) is 1.99. The highest BCUT2D eigenvalue weighted by Gasteiger charge is 2.47. The van der Waals surface area contributed by atoms with Gasteiger partial charge in [0.2, 0.25) is 0 Å². The normalized spacial score (nSPS) is 20.6. The second kappa shape index (κ2) is 5.04. The van der Waals surface area contributed by atoms with Crippen molar-refractivity contribution in [2.24, 2.45) is 0 Å². The first-order valence-electron chi connectivity index (χ1n) is 6.81. The van der Waals surface area contributed by atoms with Gasteiger partial charge in [0.25, 0.3) is 0 Å². The number of aromatic hydroxyl groups is 1. The van der Waals surface area contributed by atoms with Gasteiger partial charge in [-0.15, -0.1) is 0 Å². The molecular weight excluding hydrogens is 307 g/mol. The number of carbonyl (C=O) groups excluding carboxylic acids is 1. The number of carbonyl (C=O) groups is 1. The van der Waals surface area contributed by atoms with E-state index < -0.39 is 5.41 Å². The molecule has 0 aromatic heterocycles. The number of halogens is 2. The topological polar surface area (TPSA) is 37.3 Å². The van der Waals surface area contributed by atoms with Crippen LogP contribution >= 0.6 is 23.2 Å². The van der Waals surface area contributed by atoms with Gasteiger partial charge in [0.1, 0.15) is 10.8 Å². The molecule has 0 saturated heterocycles. The van der Waals surface area contributed by atoms with Gasteiger partial charge in [0, 0.05) is 5.56 Å². The Hall–Kier alpha value is -1.51. The van der Waals surface area contributed by atoms with E-state index in [4.69, 9.17) is 23.2 Å². The summed E-state index contributed by atoms with van der Waals surface area (Å²) in [5.41, 5.74) is 1.56. The third-order valence-corrected chi connectivity index (χ3v) is 5.21. The first-order valence-corrected chi connectivity index (χ1v) is 7.57. The second-order valence-corrected chi connectivity index (χ2v) is 6.12. The summed E-state index contributed by atoms with van der Waals surface area (Å²) < 4.78 is 0. The molecule has 21 heavy (non-hydrogen) atoms. The Morgan fingerprint density at radius 3 is 2.48 bits per heavy atom. The van der Waals surface area contributed by atoms with E-state index in [0.717, 1.165) is 11.1 Å². The zero-order valence-corrected chi connectivity index (χ0v) is 13.0. The van der Waals surface area contributed by atoms with Gasteiger partial charge in [-0.2, -0.15) is 0 Å². The van der Waals surface area contributed by atoms with Crippen LogP contribution < -0.4 is 0 Å². The number of hydrogen-bond acceptors (Lipinski definition) is 2. The summed E-state index contributed by atoms with van der Waals surface area (Å²) in [4.78, 5) is 13.0. The maximum Gasteiger partial charge on any atom is 0.175 e. The first kappa shape index (κ1) is 14.4. The number of phenolic OH excluding ortho intramolecular Hbond substituents is 1. The molecule has 0 fully saturated rings. The molecule has 1 aliphatic carbocycles. The predicted octanol–water partition coefficient (Wildman–Crippen LogP) is 4.79. The molecule has 0 saturated carbocycles. The zero-order valence-electron chi connectivity index (χ0n) is 11.5. The number of benzene rings is 2. The van der Waals surface area contributed by atoms with Gasteiger partial charge in [-0.05, 0) is 30.0 Å². The first-order chi connectivity index (χ1) is 10.0. The van der Waals surface area contributed by atoms with Crippen LogP contribution in [0.15, 0.2) is 36.4 Å². The Balaban J connectivity index is 2.22. The Morgan fingerprint density at radius 2 is 1.86 bits per heavy atom. The summed E-state index contributed by atoms with van der Waals surface area (Å²) in [5.74, 6) is -0.0914. The lowest BCUT2D eigenvalue weighted by Gasteiger charge is -2.26. The monoisotopic (exact) mass is 320 g/mol. The van der Waals surface area contributed by atoms with Gasteiger partial charge in [-0.3, -0.25) is 4.79 Å². The molecule has 108 valence electrons. The van der Waals surface area contributed by atoms with Gasteiger partial charge < -0.3 is 5.11 Å². The average molecular weight is 321 g/mol. The van der Waals surface area contributed by atoms with Gasteiger partial charge >= 0.3 is 0 Å². The molecule has 0 bridgehead atoms. The van der Waals surface area contributed by atoms with Crippen LogP contribution in [0.2, 0.25) is 10.0 Å². The van der Waals surface area contributed by atoms with Crippen molar-refractivity contribution in [1.29, 1.82) is 0 Å². The highest BCUT2D eigenvalue weighted by molar-refractivity contribution is 6.45. The minimum Gasteiger partial charge on any atom is -0.506 e. The summed E-state index contributed by atoms with van der Waals surface area (Å²) in [7, 11) is 0. The van der Waals surface area contributed by atoms with Crippen LogP contribution in [-0.2, 0) is 11.8 Å². The van der Waals surface area contributed by atoms with Crippen molar-refractivity contribution in [3.05, 3.63) is 63.1 Å². The van der Waals surface area contributed by atoms with Crippen LogP contribution in [0.25, 0.3) is 0 Å². The molecule has 1 atom stereocenters. The van der Waals surface area contributed by atoms with E-state index in [-0.39, 0.29) is 21.6 Å². The Bertz CT molecular complexity index is 725. The van der Waals surface area contributed by atoms with Crippen LogP contribution in [0, 0.1) is 0 Å². The molecule has 0 aliphatic heterocycles. The van der Waals surface area contributed by atoms with Crippen molar-refractivity contribution in [3.63, 3.8) is 0 Å². The van der Waals surface area contributed by atoms with Crippen LogP contribution in [0.4, 0.5) is 0 Å². The minimum absolute atomic E-state index is 0.0156. The molecular formula is C17H14Cl2O2. The second-order valence-electron chi connectivity index (χ2n) is 5.37. The number of phenols is 1. The highest BCUT2D eigenvalue weighted by Crippen LogP contribution is 2.48. The van der Waals surface area contributed by atoms with E-state index in [1.54, 1.807) is 6.07 Å². The SMILES string of the molecule is CC[C@@]1(c2ccccc2)Cc2cc(O)c(Cl)c(Cl)c2C1=O. The van der Waals surface area contributed by atoms with Crippen LogP contribution in [0.1, 0.15) is 34.8 Å². The number of rotatable bonds is 2. The summed E-state index contributed by atoms with van der Waals surface area (Å²) in [6.07, 6.45) is 1.20. The van der Waals surface area contributed by atoms with E-state index in [1.165, 1.54) is 0 Å². The fraction of sp³-hybridized carbons (Fsp3) is 0.235. The largest absolute Gasteiger partial charge is 0.506 e. The average Bonchev–Trinajstić information content (AvgIpc) is 2.79. The minimum atomic E-state index is -0.621. The fourth-order valence-corrected chi connectivity index (χ4v) is 3.63. The summed E-state index contributed by atoms with van der Waals surface area (Å²) in [5, 5.41) is 10.0. The standard InChI is InChI=1S/C17H14Cl2O2/c1-2-17(11-6-4-3-5-7-11)9-10-8-12(20)14(18)15(19)13(10)16(17)21/h3-8,20H,2,9H2,1H3/t17-/m0/s1.